The Kier molecular flexibility index (Phi) is 6.02. The maximum Gasteiger partial charge on any atom is 0.251 e. The molecule has 0 saturated heterocycles. The number of hydrogen-bond acceptors (Lipinski definition) is 6. The van der Waals surface area contributed by atoms with Gasteiger partial charge in [-0.2, -0.15) is 10.4 Å². The highest BCUT2D eigenvalue weighted by atomic mass is 35.5. The van der Waals surface area contributed by atoms with Gasteiger partial charge in [0.25, 0.3) is 5.91 Å². The van der Waals surface area contributed by atoms with Crippen LogP contribution in [0.1, 0.15) is 12.5 Å². The number of benzene rings is 1. The van der Waals surface area contributed by atoms with E-state index in [4.69, 9.17) is 22.6 Å². The van der Waals surface area contributed by atoms with Crippen LogP contribution in [0, 0.1) is 11.3 Å². The van der Waals surface area contributed by atoms with Crippen molar-refractivity contribution < 1.29 is 4.79 Å². The smallest absolute Gasteiger partial charge is 0.251 e. The van der Waals surface area contributed by atoms with Crippen LogP contribution in [0.5, 0.6) is 0 Å². The molecule has 1 aliphatic rings. The zero-order valence-electron chi connectivity index (χ0n) is 16.7. The predicted molar refractivity (Wildman–Crippen MR) is 120 cm³/mol. The number of thioether (sulfide) groups is 1. The first-order chi connectivity index (χ1) is 14.9. The SMILES string of the molecule is CC(Cn1ccc(-c2ccc(C#N)c(Cl)c2)n1)N1C=C(Cn2ccnc2)S[C@H]1C(N)=O. The molecule has 31 heavy (non-hydrogen) atoms. The van der Waals surface area contributed by atoms with Crippen molar-refractivity contribution in [1.82, 2.24) is 24.2 Å². The molecule has 2 aromatic heterocycles. The molecule has 3 heterocycles. The van der Waals surface area contributed by atoms with Gasteiger partial charge in [-0.1, -0.05) is 29.4 Å². The number of hydrogen-bond donors (Lipinski definition) is 1. The minimum absolute atomic E-state index is 0.0115. The van der Waals surface area contributed by atoms with Crippen molar-refractivity contribution in [2.45, 2.75) is 31.4 Å². The second-order valence-corrected chi connectivity index (χ2v) is 8.84. The third-order valence-electron chi connectivity index (χ3n) is 4.95. The van der Waals surface area contributed by atoms with Gasteiger partial charge in [-0.15, -0.1) is 0 Å². The fourth-order valence-electron chi connectivity index (χ4n) is 3.42. The van der Waals surface area contributed by atoms with E-state index < -0.39 is 5.37 Å². The molecule has 4 rings (SSSR count). The van der Waals surface area contributed by atoms with Crippen LogP contribution >= 0.6 is 23.4 Å². The molecule has 1 aromatic carbocycles. The van der Waals surface area contributed by atoms with Crippen molar-refractivity contribution in [2.75, 3.05) is 0 Å². The first-order valence-corrected chi connectivity index (χ1v) is 10.8. The van der Waals surface area contributed by atoms with Crippen LogP contribution in [0.25, 0.3) is 11.3 Å². The number of rotatable bonds is 7. The number of aromatic nitrogens is 4. The number of allylic oxidation sites excluding steroid dienone is 1. The highest BCUT2D eigenvalue weighted by Crippen LogP contribution is 2.35. The van der Waals surface area contributed by atoms with Gasteiger partial charge in [-0.3, -0.25) is 9.48 Å². The van der Waals surface area contributed by atoms with E-state index in [0.29, 0.717) is 23.7 Å². The number of amides is 1. The van der Waals surface area contributed by atoms with Gasteiger partial charge in [0.15, 0.2) is 5.37 Å². The van der Waals surface area contributed by atoms with Gasteiger partial charge in [-0.25, -0.2) is 4.98 Å². The van der Waals surface area contributed by atoms with Crippen LogP contribution in [0.15, 0.2) is 60.3 Å². The molecule has 2 atom stereocenters. The Labute approximate surface area is 188 Å². The molecule has 10 heteroatoms. The Morgan fingerprint density at radius 3 is 2.90 bits per heavy atom. The Morgan fingerprint density at radius 2 is 2.23 bits per heavy atom. The van der Waals surface area contributed by atoms with Crippen molar-refractivity contribution >= 4 is 29.3 Å². The van der Waals surface area contributed by atoms with E-state index in [1.54, 1.807) is 24.7 Å². The average molecular weight is 454 g/mol. The highest BCUT2D eigenvalue weighted by molar-refractivity contribution is 8.04. The highest BCUT2D eigenvalue weighted by Gasteiger charge is 2.33. The number of carbonyl (C=O) groups excluding carboxylic acids is 1. The number of imidazole rings is 1. The van der Waals surface area contributed by atoms with Crippen LogP contribution < -0.4 is 5.73 Å². The number of carbonyl (C=O) groups is 1. The average Bonchev–Trinajstić information content (AvgIpc) is 3.49. The van der Waals surface area contributed by atoms with Gasteiger partial charge >= 0.3 is 0 Å². The van der Waals surface area contributed by atoms with Crippen LogP contribution in [0.4, 0.5) is 0 Å². The van der Waals surface area contributed by atoms with Crippen molar-refractivity contribution in [1.29, 1.82) is 5.26 Å². The Hall–Kier alpha value is -3.22. The summed E-state index contributed by atoms with van der Waals surface area (Å²) < 4.78 is 3.78. The normalized spacial score (nSPS) is 16.7. The fraction of sp³-hybridized carbons (Fsp3) is 0.238. The second kappa shape index (κ2) is 8.88. The van der Waals surface area contributed by atoms with E-state index in [9.17, 15) is 4.79 Å². The van der Waals surface area contributed by atoms with Crippen LogP contribution in [0.3, 0.4) is 0 Å². The molecular weight excluding hydrogens is 434 g/mol. The van der Waals surface area contributed by atoms with E-state index in [1.165, 1.54) is 11.8 Å². The molecule has 0 spiro atoms. The van der Waals surface area contributed by atoms with Crippen molar-refractivity contribution in [3.05, 3.63) is 70.9 Å². The molecule has 0 bridgehead atoms. The summed E-state index contributed by atoms with van der Waals surface area (Å²) in [6.45, 7) is 3.25. The van der Waals surface area contributed by atoms with Gasteiger partial charge in [0.1, 0.15) is 6.07 Å². The summed E-state index contributed by atoms with van der Waals surface area (Å²) in [4.78, 5) is 19.1. The monoisotopic (exact) mass is 453 g/mol. The predicted octanol–water partition coefficient (Wildman–Crippen LogP) is 3.06. The quantitative estimate of drug-likeness (QED) is 0.589. The summed E-state index contributed by atoms with van der Waals surface area (Å²) in [6.07, 6.45) is 9.23. The summed E-state index contributed by atoms with van der Waals surface area (Å²) >= 11 is 7.61. The maximum absolute atomic E-state index is 12.0. The van der Waals surface area contributed by atoms with Gasteiger partial charge in [0.05, 0.1) is 35.7 Å². The molecule has 1 unspecified atom stereocenters. The fourth-order valence-corrected chi connectivity index (χ4v) is 4.84. The van der Waals surface area contributed by atoms with Crippen molar-refractivity contribution in [3.63, 3.8) is 0 Å². The Morgan fingerprint density at radius 1 is 1.39 bits per heavy atom. The first kappa shape index (κ1) is 21.0. The van der Waals surface area contributed by atoms with Crippen molar-refractivity contribution in [3.8, 4) is 17.3 Å². The molecule has 0 fully saturated rings. The Balaban J connectivity index is 1.48. The Bertz CT molecular complexity index is 1160. The van der Waals surface area contributed by atoms with E-state index in [0.717, 1.165) is 16.2 Å². The number of nitriles is 1. The molecule has 0 aliphatic carbocycles. The maximum atomic E-state index is 12.0. The zero-order valence-corrected chi connectivity index (χ0v) is 18.3. The summed E-state index contributed by atoms with van der Waals surface area (Å²) in [7, 11) is 0. The largest absolute Gasteiger partial charge is 0.367 e. The summed E-state index contributed by atoms with van der Waals surface area (Å²) in [5.74, 6) is -0.373. The van der Waals surface area contributed by atoms with E-state index in [-0.39, 0.29) is 11.9 Å². The molecule has 0 saturated carbocycles. The third kappa shape index (κ3) is 4.60. The lowest BCUT2D eigenvalue weighted by atomic mass is 10.1. The van der Waals surface area contributed by atoms with Gasteiger partial charge in [0.2, 0.25) is 0 Å². The second-order valence-electron chi connectivity index (χ2n) is 7.23. The molecule has 1 amide bonds. The number of nitrogens with zero attached hydrogens (tertiary/aromatic N) is 6. The lowest BCUT2D eigenvalue weighted by Crippen LogP contribution is -2.43. The lowest BCUT2D eigenvalue weighted by Gasteiger charge is -2.28. The molecular formula is C21H20ClN7OS. The topological polar surface area (TPSA) is 106 Å². The number of halogens is 1. The van der Waals surface area contributed by atoms with E-state index >= 15 is 0 Å². The van der Waals surface area contributed by atoms with E-state index in [2.05, 4.69) is 16.2 Å². The van der Waals surface area contributed by atoms with Gasteiger partial charge in [-0.05, 0) is 25.1 Å². The number of nitrogens with two attached hydrogens (primary N) is 1. The standard InChI is InChI=1S/C21H20ClN7OS/c1-14(29-12-17(31-21(29)20(24)30)11-27-7-5-25-13-27)10-28-6-4-19(26-28)15-2-3-16(9-23)18(22)8-15/h2-8,12-14,21H,10-11H2,1H3,(H2,24,30)/t14?,21-/m0/s1. The van der Waals surface area contributed by atoms with Gasteiger partial charge in [0, 0.05) is 41.3 Å². The first-order valence-electron chi connectivity index (χ1n) is 9.58. The summed E-state index contributed by atoms with van der Waals surface area (Å²) in [5.41, 5.74) is 7.69. The summed E-state index contributed by atoms with van der Waals surface area (Å²) in [5, 5.41) is 13.6. The van der Waals surface area contributed by atoms with Gasteiger partial charge < -0.3 is 15.2 Å². The molecule has 3 aromatic rings. The molecule has 158 valence electrons. The van der Waals surface area contributed by atoms with Crippen LogP contribution in [-0.4, -0.2) is 41.6 Å². The summed E-state index contributed by atoms with van der Waals surface area (Å²) in [6, 6.07) is 9.19. The lowest BCUT2D eigenvalue weighted by molar-refractivity contribution is -0.120. The van der Waals surface area contributed by atoms with Crippen LogP contribution in [0.2, 0.25) is 5.02 Å². The molecule has 8 nitrogen and oxygen atoms in total. The molecule has 0 radical (unpaired) electrons. The van der Waals surface area contributed by atoms with Crippen LogP contribution in [-0.2, 0) is 17.9 Å². The molecule has 2 N–H and O–H groups in total. The number of primary amides is 1. The van der Waals surface area contributed by atoms with Crippen molar-refractivity contribution in [2.24, 2.45) is 5.73 Å². The minimum Gasteiger partial charge on any atom is -0.367 e. The van der Waals surface area contributed by atoms with E-state index in [1.807, 2.05) is 51.8 Å². The molecule has 1 aliphatic heterocycles. The third-order valence-corrected chi connectivity index (χ3v) is 6.50. The zero-order chi connectivity index (χ0) is 22.0. The minimum atomic E-state index is -0.458.